The number of fused-ring (bicyclic) bond motifs is 3. The lowest BCUT2D eigenvalue weighted by molar-refractivity contribution is 0.0967. The van der Waals surface area contributed by atoms with Crippen molar-refractivity contribution < 1.29 is 4.79 Å². The first-order valence-electron chi connectivity index (χ1n) is 4.53. The smallest absolute Gasteiger partial charge is 0.167 e. The van der Waals surface area contributed by atoms with Crippen LogP contribution in [-0.4, -0.2) is 5.78 Å². The molecule has 1 heteroatoms. The lowest BCUT2D eigenvalue weighted by Gasteiger charge is -2.20. The van der Waals surface area contributed by atoms with E-state index in [0.29, 0.717) is 12.2 Å². The summed E-state index contributed by atoms with van der Waals surface area (Å²) in [6.07, 6.45) is 4.40. The zero-order chi connectivity index (χ0) is 8.13. The molecule has 12 heavy (non-hydrogen) atoms. The molecule has 3 rings (SSSR count). The summed E-state index contributed by atoms with van der Waals surface area (Å²) in [6, 6.07) is 4.14. The molecule has 0 radical (unpaired) electrons. The summed E-state index contributed by atoms with van der Waals surface area (Å²) < 4.78 is 0. The summed E-state index contributed by atoms with van der Waals surface area (Å²) in [5.41, 5.74) is 5.33. The Balaban J connectivity index is 2.27. The highest BCUT2D eigenvalue weighted by Gasteiger charge is 2.28. The molecule has 1 aromatic carbocycles. The fourth-order valence-corrected chi connectivity index (χ4v) is 2.36. The normalized spacial score (nSPS) is 18.5. The molecule has 0 atom stereocenters. The van der Waals surface area contributed by atoms with Gasteiger partial charge in [0.05, 0.1) is 0 Å². The standard InChI is InChI=1S/C11H10O/c12-11-6-10-8-3-1-2-7(8)4-5-9(10)11/h4-5H,1-3,6H2. The van der Waals surface area contributed by atoms with Gasteiger partial charge < -0.3 is 0 Å². The molecule has 2 aliphatic carbocycles. The van der Waals surface area contributed by atoms with Crippen molar-refractivity contribution in [2.24, 2.45) is 0 Å². The van der Waals surface area contributed by atoms with E-state index >= 15 is 0 Å². The van der Waals surface area contributed by atoms with Gasteiger partial charge in [-0.1, -0.05) is 12.1 Å². The number of rotatable bonds is 0. The van der Waals surface area contributed by atoms with Crippen molar-refractivity contribution in [3.05, 3.63) is 34.4 Å². The largest absolute Gasteiger partial charge is 0.294 e. The number of aryl methyl sites for hydroxylation is 1. The monoisotopic (exact) mass is 158 g/mol. The lowest BCUT2D eigenvalue weighted by Crippen LogP contribution is -2.20. The molecule has 60 valence electrons. The number of benzene rings is 1. The topological polar surface area (TPSA) is 17.1 Å². The molecule has 1 nitrogen and oxygen atoms in total. The van der Waals surface area contributed by atoms with Crippen LogP contribution in [0.2, 0.25) is 0 Å². The van der Waals surface area contributed by atoms with Gasteiger partial charge in [0.2, 0.25) is 0 Å². The maximum Gasteiger partial charge on any atom is 0.167 e. The van der Waals surface area contributed by atoms with Crippen LogP contribution in [0.3, 0.4) is 0 Å². The second-order valence-electron chi connectivity index (χ2n) is 3.68. The summed E-state index contributed by atoms with van der Waals surface area (Å²) in [5, 5.41) is 0. The van der Waals surface area contributed by atoms with Crippen molar-refractivity contribution >= 4 is 5.78 Å². The number of carbonyl (C=O) groups is 1. The van der Waals surface area contributed by atoms with E-state index < -0.39 is 0 Å². The first-order chi connectivity index (χ1) is 5.86. The molecule has 2 aliphatic rings. The van der Waals surface area contributed by atoms with Crippen LogP contribution in [-0.2, 0) is 19.3 Å². The highest BCUT2D eigenvalue weighted by atomic mass is 16.1. The number of ketones is 1. The summed E-state index contributed by atoms with van der Waals surface area (Å²) in [4.78, 5) is 11.1. The highest BCUT2D eigenvalue weighted by molar-refractivity contribution is 6.07. The summed E-state index contributed by atoms with van der Waals surface area (Å²) in [5.74, 6) is 0.333. The van der Waals surface area contributed by atoms with E-state index in [1.165, 1.54) is 36.0 Å². The molecule has 0 amide bonds. The highest BCUT2D eigenvalue weighted by Crippen LogP contribution is 2.33. The van der Waals surface area contributed by atoms with Crippen LogP contribution >= 0.6 is 0 Å². The molecule has 0 heterocycles. The molecule has 0 bridgehead atoms. The van der Waals surface area contributed by atoms with Crippen LogP contribution in [0.5, 0.6) is 0 Å². The minimum absolute atomic E-state index is 0.333. The Hall–Kier alpha value is -1.11. The maximum absolute atomic E-state index is 11.1. The van der Waals surface area contributed by atoms with Gasteiger partial charge in [-0.25, -0.2) is 0 Å². The van der Waals surface area contributed by atoms with E-state index in [2.05, 4.69) is 6.07 Å². The molecule has 0 saturated heterocycles. The first-order valence-corrected chi connectivity index (χ1v) is 4.53. The third kappa shape index (κ3) is 0.619. The second-order valence-corrected chi connectivity index (χ2v) is 3.68. The SMILES string of the molecule is O=C1Cc2c1ccc1c2CCC1. The molecule has 0 fully saturated rings. The molecule has 0 saturated carbocycles. The van der Waals surface area contributed by atoms with Gasteiger partial charge in [0, 0.05) is 12.0 Å². The molecular weight excluding hydrogens is 148 g/mol. The Labute approximate surface area is 71.4 Å². The van der Waals surface area contributed by atoms with Crippen molar-refractivity contribution in [1.29, 1.82) is 0 Å². The van der Waals surface area contributed by atoms with Gasteiger partial charge >= 0.3 is 0 Å². The van der Waals surface area contributed by atoms with E-state index in [1.54, 1.807) is 0 Å². The average Bonchev–Trinajstić information content (AvgIpc) is 2.49. The van der Waals surface area contributed by atoms with Crippen LogP contribution in [0, 0.1) is 0 Å². The van der Waals surface area contributed by atoms with Gasteiger partial charge in [0.1, 0.15) is 0 Å². The van der Waals surface area contributed by atoms with Crippen LogP contribution in [0.25, 0.3) is 0 Å². The first kappa shape index (κ1) is 6.41. The number of hydrogen-bond acceptors (Lipinski definition) is 1. The van der Waals surface area contributed by atoms with Crippen LogP contribution in [0.15, 0.2) is 12.1 Å². The maximum atomic E-state index is 11.1. The van der Waals surface area contributed by atoms with Gasteiger partial charge in [-0.2, -0.15) is 0 Å². The molecule has 0 aromatic heterocycles. The average molecular weight is 158 g/mol. The van der Waals surface area contributed by atoms with E-state index in [-0.39, 0.29) is 0 Å². The van der Waals surface area contributed by atoms with Gasteiger partial charge in [-0.15, -0.1) is 0 Å². The third-order valence-electron chi connectivity index (χ3n) is 3.04. The number of hydrogen-bond donors (Lipinski definition) is 0. The summed E-state index contributed by atoms with van der Waals surface area (Å²) in [7, 11) is 0. The van der Waals surface area contributed by atoms with Crippen LogP contribution in [0.1, 0.15) is 33.5 Å². The van der Waals surface area contributed by atoms with E-state index in [9.17, 15) is 4.79 Å². The minimum atomic E-state index is 0.333. The second kappa shape index (κ2) is 1.98. The van der Waals surface area contributed by atoms with Crippen molar-refractivity contribution in [1.82, 2.24) is 0 Å². The fraction of sp³-hybridized carbons (Fsp3) is 0.364. The van der Waals surface area contributed by atoms with E-state index in [4.69, 9.17) is 0 Å². The van der Waals surface area contributed by atoms with Gasteiger partial charge in [-0.3, -0.25) is 4.79 Å². The van der Waals surface area contributed by atoms with Crippen molar-refractivity contribution in [3.63, 3.8) is 0 Å². The Morgan fingerprint density at radius 1 is 1.08 bits per heavy atom. The lowest BCUT2D eigenvalue weighted by atomic mass is 9.82. The summed E-state index contributed by atoms with van der Waals surface area (Å²) in [6.45, 7) is 0. The minimum Gasteiger partial charge on any atom is -0.294 e. The Bertz CT molecular complexity index is 377. The van der Waals surface area contributed by atoms with E-state index in [1.807, 2.05) is 6.07 Å². The van der Waals surface area contributed by atoms with Crippen molar-refractivity contribution in [2.45, 2.75) is 25.7 Å². The van der Waals surface area contributed by atoms with Gasteiger partial charge in [0.15, 0.2) is 5.78 Å². The quantitative estimate of drug-likeness (QED) is 0.563. The predicted octanol–water partition coefficient (Wildman–Crippen LogP) is 1.91. The Morgan fingerprint density at radius 2 is 2.00 bits per heavy atom. The number of Topliss-reactive ketones (excluding diaryl/α,β-unsaturated/α-hetero) is 1. The Morgan fingerprint density at radius 3 is 2.83 bits per heavy atom. The number of carbonyl (C=O) groups excluding carboxylic acids is 1. The molecule has 0 aliphatic heterocycles. The predicted molar refractivity (Wildman–Crippen MR) is 46.5 cm³/mol. The fourth-order valence-electron chi connectivity index (χ4n) is 2.36. The molecule has 0 spiro atoms. The molecule has 1 aromatic rings. The van der Waals surface area contributed by atoms with Crippen LogP contribution in [0.4, 0.5) is 0 Å². The van der Waals surface area contributed by atoms with Crippen molar-refractivity contribution in [2.75, 3.05) is 0 Å². The zero-order valence-electron chi connectivity index (χ0n) is 6.89. The summed E-state index contributed by atoms with van der Waals surface area (Å²) >= 11 is 0. The molecule has 0 N–H and O–H groups in total. The third-order valence-corrected chi connectivity index (χ3v) is 3.04. The van der Waals surface area contributed by atoms with Crippen molar-refractivity contribution in [3.8, 4) is 0 Å². The van der Waals surface area contributed by atoms with Gasteiger partial charge in [0.25, 0.3) is 0 Å². The molecule has 0 unspecified atom stereocenters. The Kier molecular flexibility index (Phi) is 1.06. The van der Waals surface area contributed by atoms with Gasteiger partial charge in [-0.05, 0) is 36.0 Å². The van der Waals surface area contributed by atoms with Crippen LogP contribution < -0.4 is 0 Å². The van der Waals surface area contributed by atoms with E-state index in [0.717, 1.165) is 5.56 Å². The molecular formula is C11H10O. The zero-order valence-corrected chi connectivity index (χ0v) is 6.89.